The van der Waals surface area contributed by atoms with E-state index >= 15 is 0 Å². The predicted molar refractivity (Wildman–Crippen MR) is 75.8 cm³/mol. The van der Waals surface area contributed by atoms with Crippen molar-refractivity contribution in [3.05, 3.63) is 71.3 Å². The van der Waals surface area contributed by atoms with Crippen LogP contribution in [0.2, 0.25) is 0 Å². The molecule has 2 nitrogen and oxygen atoms in total. The van der Waals surface area contributed by atoms with Gasteiger partial charge in [0.15, 0.2) is 0 Å². The maximum atomic E-state index is 10.2. The van der Waals surface area contributed by atoms with Crippen LogP contribution in [0.25, 0.3) is 0 Å². The lowest BCUT2D eigenvalue weighted by molar-refractivity contribution is -0.694. The average molecular weight is 254 g/mol. The number of aliphatic hydroxyl groups excluding tert-OH is 1. The third-order valence-electron chi connectivity index (χ3n) is 3.96. The molecule has 0 aliphatic heterocycles. The molecule has 1 aliphatic carbocycles. The molecule has 0 amide bonds. The van der Waals surface area contributed by atoms with Gasteiger partial charge in [0.1, 0.15) is 12.6 Å². The molecule has 0 fully saturated rings. The molecular weight excluding hydrogens is 234 g/mol. The summed E-state index contributed by atoms with van der Waals surface area (Å²) in [4.78, 5) is 0. The Bertz CT molecular complexity index is 513. The second kappa shape index (κ2) is 5.55. The topological polar surface area (TPSA) is 36.8 Å². The van der Waals surface area contributed by atoms with Gasteiger partial charge in [0.25, 0.3) is 0 Å². The summed E-state index contributed by atoms with van der Waals surface area (Å²) < 4.78 is 0. The fourth-order valence-corrected chi connectivity index (χ4v) is 2.89. The molecule has 0 unspecified atom stereocenters. The van der Waals surface area contributed by atoms with Crippen molar-refractivity contribution >= 4 is 0 Å². The number of fused-ring (bicyclic) bond motifs is 1. The molecule has 0 saturated carbocycles. The van der Waals surface area contributed by atoms with Crippen molar-refractivity contribution in [3.8, 4) is 0 Å². The summed E-state index contributed by atoms with van der Waals surface area (Å²) in [6, 6.07) is 19.1. The lowest BCUT2D eigenvalue weighted by Crippen LogP contribution is -2.91. The first-order chi connectivity index (χ1) is 9.33. The monoisotopic (exact) mass is 254 g/mol. The highest BCUT2D eigenvalue weighted by Gasteiger charge is 2.24. The summed E-state index contributed by atoms with van der Waals surface area (Å²) in [6.07, 6.45) is 1.87. The highest BCUT2D eigenvalue weighted by molar-refractivity contribution is 5.32. The van der Waals surface area contributed by atoms with Crippen LogP contribution in [0, 0.1) is 0 Å². The van der Waals surface area contributed by atoms with Gasteiger partial charge >= 0.3 is 0 Å². The van der Waals surface area contributed by atoms with Crippen LogP contribution in [-0.2, 0) is 12.8 Å². The van der Waals surface area contributed by atoms with E-state index < -0.39 is 0 Å². The third-order valence-corrected chi connectivity index (χ3v) is 3.96. The number of quaternary nitrogens is 1. The largest absolute Gasteiger partial charge is 0.382 e. The molecule has 98 valence electrons. The Kier molecular flexibility index (Phi) is 3.62. The number of hydrogen-bond acceptors (Lipinski definition) is 1. The van der Waals surface area contributed by atoms with Crippen molar-refractivity contribution in [1.82, 2.24) is 0 Å². The Morgan fingerprint density at radius 2 is 1.53 bits per heavy atom. The Hall–Kier alpha value is -1.64. The molecule has 2 aromatic carbocycles. The summed E-state index contributed by atoms with van der Waals surface area (Å²) in [5.74, 6) is 0. The first kappa shape index (κ1) is 12.4. The fourth-order valence-electron chi connectivity index (χ4n) is 2.89. The van der Waals surface area contributed by atoms with E-state index in [1.54, 1.807) is 0 Å². The van der Waals surface area contributed by atoms with Crippen molar-refractivity contribution in [1.29, 1.82) is 0 Å². The summed E-state index contributed by atoms with van der Waals surface area (Å²) in [6.45, 7) is 0.739. The lowest BCUT2D eigenvalue weighted by Gasteiger charge is -2.13. The minimum absolute atomic E-state index is 0.370. The number of nitrogens with two attached hydrogens (primary N) is 1. The normalized spacial score (nSPS) is 16.3. The van der Waals surface area contributed by atoms with Crippen molar-refractivity contribution in [2.45, 2.75) is 25.0 Å². The van der Waals surface area contributed by atoms with Crippen LogP contribution in [0.5, 0.6) is 0 Å². The molecule has 0 bridgehead atoms. The molecule has 0 aromatic heterocycles. The SMILES string of the molecule is O[C@@H](C[NH2+]C1Cc2ccccc2C1)c1ccccc1. The maximum Gasteiger partial charge on any atom is 0.128 e. The van der Waals surface area contributed by atoms with Gasteiger partial charge in [-0.15, -0.1) is 0 Å². The Morgan fingerprint density at radius 1 is 0.947 bits per heavy atom. The fraction of sp³-hybridized carbons (Fsp3) is 0.294. The Morgan fingerprint density at radius 3 is 2.16 bits per heavy atom. The first-order valence-electron chi connectivity index (χ1n) is 6.96. The van der Waals surface area contributed by atoms with E-state index in [2.05, 4.69) is 29.6 Å². The van der Waals surface area contributed by atoms with E-state index in [0.29, 0.717) is 6.04 Å². The number of aliphatic hydroxyl groups is 1. The number of benzene rings is 2. The summed E-state index contributed by atoms with van der Waals surface area (Å²) in [5, 5.41) is 12.5. The zero-order valence-corrected chi connectivity index (χ0v) is 11.0. The number of rotatable bonds is 4. The Balaban J connectivity index is 1.55. The van der Waals surface area contributed by atoms with Crippen LogP contribution >= 0.6 is 0 Å². The van der Waals surface area contributed by atoms with Gasteiger partial charge in [-0.3, -0.25) is 0 Å². The molecule has 2 heteroatoms. The standard InChI is InChI=1S/C17H19NO/c19-17(13-6-2-1-3-7-13)12-18-16-10-14-8-4-5-9-15(14)11-16/h1-9,16-19H,10-12H2/p+1/t17-/m0/s1. The quantitative estimate of drug-likeness (QED) is 0.851. The highest BCUT2D eigenvalue weighted by atomic mass is 16.3. The second-order valence-electron chi connectivity index (χ2n) is 5.33. The van der Waals surface area contributed by atoms with E-state index in [0.717, 1.165) is 24.9 Å². The zero-order valence-electron chi connectivity index (χ0n) is 11.0. The summed E-state index contributed by atoms with van der Waals surface area (Å²) in [7, 11) is 0. The summed E-state index contributed by atoms with van der Waals surface area (Å²) in [5.41, 5.74) is 3.95. The van der Waals surface area contributed by atoms with Crippen LogP contribution in [0.15, 0.2) is 54.6 Å². The molecule has 3 N–H and O–H groups in total. The lowest BCUT2D eigenvalue weighted by atomic mass is 10.1. The first-order valence-corrected chi connectivity index (χ1v) is 6.96. The summed E-state index contributed by atoms with van der Waals surface area (Å²) >= 11 is 0. The predicted octanol–water partition coefficient (Wildman–Crippen LogP) is 1.45. The van der Waals surface area contributed by atoms with E-state index in [-0.39, 0.29) is 6.10 Å². The Labute approximate surface area is 114 Å². The second-order valence-corrected chi connectivity index (χ2v) is 5.33. The van der Waals surface area contributed by atoms with Crippen molar-refractivity contribution in [2.75, 3.05) is 6.54 Å². The third kappa shape index (κ3) is 2.86. The molecule has 0 spiro atoms. The number of hydrogen-bond donors (Lipinski definition) is 2. The van der Waals surface area contributed by atoms with Gasteiger partial charge in [0.05, 0.1) is 6.04 Å². The van der Waals surface area contributed by atoms with Gasteiger partial charge in [0, 0.05) is 12.8 Å². The molecule has 1 aliphatic rings. The van der Waals surface area contributed by atoms with Crippen molar-refractivity contribution < 1.29 is 10.4 Å². The van der Waals surface area contributed by atoms with Crippen molar-refractivity contribution in [3.63, 3.8) is 0 Å². The maximum absolute atomic E-state index is 10.2. The molecule has 0 heterocycles. The van der Waals surface area contributed by atoms with Gasteiger partial charge in [-0.25, -0.2) is 0 Å². The minimum atomic E-state index is -0.370. The van der Waals surface area contributed by atoms with E-state index in [9.17, 15) is 5.11 Å². The zero-order chi connectivity index (χ0) is 13.1. The molecule has 0 radical (unpaired) electrons. The molecular formula is C17H20NO+. The molecule has 0 saturated heterocycles. The van der Waals surface area contributed by atoms with Crippen LogP contribution in [-0.4, -0.2) is 17.7 Å². The highest BCUT2D eigenvalue weighted by Crippen LogP contribution is 2.19. The average Bonchev–Trinajstić information content (AvgIpc) is 2.88. The van der Waals surface area contributed by atoms with Crippen LogP contribution in [0.4, 0.5) is 0 Å². The van der Waals surface area contributed by atoms with Crippen molar-refractivity contribution in [2.24, 2.45) is 0 Å². The minimum Gasteiger partial charge on any atom is -0.382 e. The molecule has 2 aromatic rings. The van der Waals surface area contributed by atoms with Gasteiger partial charge in [-0.1, -0.05) is 54.6 Å². The van der Waals surface area contributed by atoms with Gasteiger partial charge in [0.2, 0.25) is 0 Å². The van der Waals surface area contributed by atoms with Crippen LogP contribution in [0.3, 0.4) is 0 Å². The molecule has 19 heavy (non-hydrogen) atoms. The smallest absolute Gasteiger partial charge is 0.128 e. The van der Waals surface area contributed by atoms with Gasteiger partial charge in [-0.05, 0) is 16.7 Å². The van der Waals surface area contributed by atoms with Gasteiger partial charge < -0.3 is 10.4 Å². The molecule has 3 rings (SSSR count). The van der Waals surface area contributed by atoms with Crippen LogP contribution in [0.1, 0.15) is 22.8 Å². The van der Waals surface area contributed by atoms with E-state index in [1.807, 2.05) is 30.3 Å². The van der Waals surface area contributed by atoms with E-state index in [1.165, 1.54) is 11.1 Å². The van der Waals surface area contributed by atoms with Gasteiger partial charge in [-0.2, -0.15) is 0 Å². The molecule has 1 atom stereocenters. The van der Waals surface area contributed by atoms with Crippen LogP contribution < -0.4 is 5.32 Å². The van der Waals surface area contributed by atoms with E-state index in [4.69, 9.17) is 0 Å².